The molecule has 4 atom stereocenters. The highest BCUT2D eigenvalue weighted by atomic mass is 35.5. The van der Waals surface area contributed by atoms with Crippen LogP contribution in [0.1, 0.15) is 13.2 Å². The Balaban J connectivity index is 1.86. The number of hydrogen-bond donors (Lipinski definition) is 2. The summed E-state index contributed by atoms with van der Waals surface area (Å²) in [4.78, 5) is 18.6. The first-order valence-electron chi connectivity index (χ1n) is 6.59. The van der Waals surface area contributed by atoms with Gasteiger partial charge >= 0.3 is 5.97 Å². The molecule has 0 saturated carbocycles. The van der Waals surface area contributed by atoms with Gasteiger partial charge in [-0.25, -0.2) is 9.67 Å². The number of aromatic nitrogens is 4. The van der Waals surface area contributed by atoms with Gasteiger partial charge in [-0.05, 0) is 11.6 Å². The van der Waals surface area contributed by atoms with Gasteiger partial charge in [-0.1, -0.05) is 11.6 Å². The van der Waals surface area contributed by atoms with Crippen LogP contribution in [0.3, 0.4) is 0 Å². The molecule has 9 nitrogen and oxygen atoms in total. The van der Waals surface area contributed by atoms with Gasteiger partial charge in [0.2, 0.25) is 5.28 Å². The molecule has 3 heterocycles. The zero-order valence-corrected chi connectivity index (χ0v) is 13.3. The van der Waals surface area contributed by atoms with Crippen molar-refractivity contribution in [3.63, 3.8) is 0 Å². The summed E-state index contributed by atoms with van der Waals surface area (Å²) >= 11 is 11.7. The molecular weight excluding hydrogens is 351 g/mol. The number of fused-ring (bicyclic) bond motifs is 1. The lowest BCUT2D eigenvalue weighted by atomic mass is 10.1. The van der Waals surface area contributed by atoms with Gasteiger partial charge in [0.25, 0.3) is 0 Å². The van der Waals surface area contributed by atoms with Crippen molar-refractivity contribution in [1.82, 2.24) is 19.7 Å². The Morgan fingerprint density at radius 3 is 2.83 bits per heavy atom. The monoisotopic (exact) mass is 362 g/mol. The van der Waals surface area contributed by atoms with E-state index in [4.69, 9.17) is 32.7 Å². The SMILES string of the molecule is CC(=O)OC[C@H]1O[C@@H](n2cc3c(Cl)nc(Cl)nc3n2)[C@H](O)[C@H]1O. The molecule has 2 aromatic rings. The van der Waals surface area contributed by atoms with Crippen molar-refractivity contribution in [2.75, 3.05) is 6.61 Å². The third-order valence-corrected chi connectivity index (χ3v) is 3.83. The van der Waals surface area contributed by atoms with Crippen LogP contribution in [0.25, 0.3) is 11.0 Å². The van der Waals surface area contributed by atoms with Gasteiger partial charge in [0, 0.05) is 13.1 Å². The highest BCUT2D eigenvalue weighted by Crippen LogP contribution is 2.31. The van der Waals surface area contributed by atoms with E-state index < -0.39 is 30.5 Å². The molecule has 0 aliphatic carbocycles. The number of hydrogen-bond acceptors (Lipinski definition) is 8. The molecule has 1 aliphatic heterocycles. The Morgan fingerprint density at radius 1 is 1.39 bits per heavy atom. The predicted molar refractivity (Wildman–Crippen MR) is 77.9 cm³/mol. The number of carbonyl (C=O) groups excluding carboxylic acids is 1. The Labute approximate surface area is 139 Å². The number of nitrogens with zero attached hydrogens (tertiary/aromatic N) is 4. The van der Waals surface area contributed by atoms with Crippen LogP contribution in [0.4, 0.5) is 0 Å². The van der Waals surface area contributed by atoms with Gasteiger partial charge in [0.15, 0.2) is 11.9 Å². The van der Waals surface area contributed by atoms with Crippen LogP contribution < -0.4 is 0 Å². The summed E-state index contributed by atoms with van der Waals surface area (Å²) in [6, 6.07) is 0. The lowest BCUT2D eigenvalue weighted by molar-refractivity contribution is -0.147. The first-order chi connectivity index (χ1) is 10.9. The van der Waals surface area contributed by atoms with E-state index in [1.54, 1.807) is 0 Å². The summed E-state index contributed by atoms with van der Waals surface area (Å²) in [5.74, 6) is -0.514. The van der Waals surface area contributed by atoms with E-state index in [0.29, 0.717) is 5.39 Å². The normalized spacial score (nSPS) is 27.5. The number of aliphatic hydroxyl groups is 2. The van der Waals surface area contributed by atoms with Crippen molar-refractivity contribution in [3.8, 4) is 0 Å². The first kappa shape index (κ1) is 16.3. The largest absolute Gasteiger partial charge is 0.463 e. The molecule has 0 aromatic carbocycles. The van der Waals surface area contributed by atoms with Crippen LogP contribution in [0.2, 0.25) is 10.4 Å². The molecule has 11 heteroatoms. The minimum absolute atomic E-state index is 0.0617. The number of esters is 1. The van der Waals surface area contributed by atoms with Gasteiger partial charge in [0.05, 0.1) is 5.39 Å². The maximum atomic E-state index is 10.8. The molecular formula is C12H12Cl2N4O5. The quantitative estimate of drug-likeness (QED) is 0.454. The van der Waals surface area contributed by atoms with E-state index >= 15 is 0 Å². The maximum Gasteiger partial charge on any atom is 0.302 e. The molecule has 0 radical (unpaired) electrons. The lowest BCUT2D eigenvalue weighted by Crippen LogP contribution is -2.34. The summed E-state index contributed by atoms with van der Waals surface area (Å²) in [6.07, 6.45) is -2.90. The van der Waals surface area contributed by atoms with E-state index in [-0.39, 0.29) is 22.7 Å². The molecule has 2 aromatic heterocycles. The van der Waals surface area contributed by atoms with Crippen molar-refractivity contribution < 1.29 is 24.5 Å². The first-order valence-corrected chi connectivity index (χ1v) is 7.35. The fourth-order valence-electron chi connectivity index (χ4n) is 2.28. The Kier molecular flexibility index (Phi) is 4.39. The fraction of sp³-hybridized carbons (Fsp3) is 0.500. The predicted octanol–water partition coefficient (Wildman–Crippen LogP) is 0.315. The Morgan fingerprint density at radius 2 is 2.13 bits per heavy atom. The van der Waals surface area contributed by atoms with Crippen molar-refractivity contribution in [2.45, 2.75) is 31.5 Å². The van der Waals surface area contributed by atoms with E-state index in [1.165, 1.54) is 17.8 Å². The lowest BCUT2D eigenvalue weighted by Gasteiger charge is -2.14. The molecule has 23 heavy (non-hydrogen) atoms. The van der Waals surface area contributed by atoms with Crippen molar-refractivity contribution in [3.05, 3.63) is 16.6 Å². The molecule has 3 rings (SSSR count). The minimum atomic E-state index is -1.27. The van der Waals surface area contributed by atoms with Gasteiger partial charge < -0.3 is 19.7 Å². The zero-order chi connectivity index (χ0) is 16.7. The third-order valence-electron chi connectivity index (χ3n) is 3.37. The molecule has 1 fully saturated rings. The topological polar surface area (TPSA) is 120 Å². The average Bonchev–Trinajstić information content (AvgIpc) is 3.00. The number of halogens is 2. The van der Waals surface area contributed by atoms with Crippen LogP contribution in [0.15, 0.2) is 6.20 Å². The van der Waals surface area contributed by atoms with E-state index in [9.17, 15) is 15.0 Å². The maximum absolute atomic E-state index is 10.8. The van der Waals surface area contributed by atoms with Crippen molar-refractivity contribution >= 4 is 40.2 Å². The summed E-state index contributed by atoms with van der Waals surface area (Å²) in [7, 11) is 0. The summed E-state index contributed by atoms with van der Waals surface area (Å²) in [6.45, 7) is 1.05. The molecule has 1 saturated heterocycles. The van der Waals surface area contributed by atoms with Gasteiger partial charge in [0.1, 0.15) is 30.1 Å². The van der Waals surface area contributed by atoms with Gasteiger partial charge in [-0.3, -0.25) is 4.79 Å². The number of rotatable bonds is 3. The van der Waals surface area contributed by atoms with E-state index in [2.05, 4.69) is 15.1 Å². The molecule has 0 unspecified atom stereocenters. The van der Waals surface area contributed by atoms with Crippen molar-refractivity contribution in [2.24, 2.45) is 0 Å². The standard InChI is InChI=1S/C12H12Cl2N4O5/c1-4(19)22-3-6-7(20)8(21)11(23-6)18-2-5-9(13)15-12(14)16-10(5)17-18/h2,6-8,11,20-21H,3H2,1H3/t6-,7+,8-,11-/m1/s1. The molecule has 2 N–H and O–H groups in total. The smallest absolute Gasteiger partial charge is 0.302 e. The second kappa shape index (κ2) is 6.17. The van der Waals surface area contributed by atoms with Gasteiger partial charge in [-0.2, -0.15) is 4.98 Å². The Bertz CT molecular complexity index is 754. The van der Waals surface area contributed by atoms with Crippen LogP contribution in [0, 0.1) is 0 Å². The Hall–Kier alpha value is -1.52. The highest BCUT2D eigenvalue weighted by molar-refractivity contribution is 6.35. The molecule has 0 bridgehead atoms. The number of ether oxygens (including phenoxy) is 2. The van der Waals surface area contributed by atoms with E-state index in [0.717, 1.165) is 0 Å². The second-order valence-electron chi connectivity index (χ2n) is 4.98. The highest BCUT2D eigenvalue weighted by Gasteiger charge is 2.44. The van der Waals surface area contributed by atoms with Crippen molar-refractivity contribution in [1.29, 1.82) is 0 Å². The zero-order valence-electron chi connectivity index (χ0n) is 11.8. The number of aliphatic hydroxyl groups excluding tert-OH is 2. The molecule has 0 amide bonds. The average molecular weight is 363 g/mol. The summed E-state index contributed by atoms with van der Waals surface area (Å²) < 4.78 is 11.6. The van der Waals surface area contributed by atoms with E-state index in [1.807, 2.05) is 0 Å². The van der Waals surface area contributed by atoms with Crippen LogP contribution in [-0.4, -0.2) is 60.8 Å². The summed E-state index contributed by atoms with van der Waals surface area (Å²) in [5, 5.41) is 24.7. The fourth-order valence-corrected chi connectivity index (χ4v) is 2.70. The molecule has 1 aliphatic rings. The van der Waals surface area contributed by atoms with Crippen LogP contribution >= 0.6 is 23.2 Å². The second-order valence-corrected chi connectivity index (χ2v) is 5.67. The third kappa shape index (κ3) is 3.10. The molecule has 0 spiro atoms. The minimum Gasteiger partial charge on any atom is -0.463 e. The van der Waals surface area contributed by atoms with Gasteiger partial charge in [-0.15, -0.1) is 5.10 Å². The number of carbonyl (C=O) groups is 1. The van der Waals surface area contributed by atoms with Crippen LogP contribution in [-0.2, 0) is 14.3 Å². The summed E-state index contributed by atoms with van der Waals surface area (Å²) in [5.41, 5.74) is 0.226. The van der Waals surface area contributed by atoms with Crippen LogP contribution in [0.5, 0.6) is 0 Å². The molecule has 124 valence electrons.